The van der Waals surface area contributed by atoms with Crippen molar-refractivity contribution in [3.05, 3.63) is 23.8 Å². The number of hydrogen-bond acceptors (Lipinski definition) is 2. The van der Waals surface area contributed by atoms with E-state index in [2.05, 4.69) is 25.2 Å². The monoisotopic (exact) mass is 232 g/mol. The number of benzene rings is 1. The summed E-state index contributed by atoms with van der Waals surface area (Å²) in [5.41, 5.74) is 3.45. The normalized spacial score (nSPS) is 15.2. The average Bonchev–Trinajstić information content (AvgIpc) is 2.49. The Morgan fingerprint density at radius 2 is 2.18 bits per heavy atom. The van der Waals surface area contributed by atoms with Crippen molar-refractivity contribution in [1.29, 1.82) is 0 Å². The highest BCUT2D eigenvalue weighted by Gasteiger charge is 2.20. The summed E-state index contributed by atoms with van der Waals surface area (Å²) in [4.78, 5) is 13.6. The third-order valence-corrected chi connectivity index (χ3v) is 3.23. The van der Waals surface area contributed by atoms with Crippen molar-refractivity contribution in [3.63, 3.8) is 0 Å². The van der Waals surface area contributed by atoms with Crippen molar-refractivity contribution in [2.24, 2.45) is 0 Å². The minimum atomic E-state index is 0.121. The van der Waals surface area contributed by atoms with Crippen LogP contribution in [0.3, 0.4) is 0 Å². The van der Waals surface area contributed by atoms with Crippen molar-refractivity contribution < 1.29 is 4.79 Å². The van der Waals surface area contributed by atoms with Crippen molar-refractivity contribution in [1.82, 2.24) is 0 Å². The highest BCUT2D eigenvalue weighted by atomic mass is 16.2. The molecular weight excluding hydrogens is 212 g/mol. The van der Waals surface area contributed by atoms with Gasteiger partial charge in [0.05, 0.1) is 11.4 Å². The highest BCUT2D eigenvalue weighted by Crippen LogP contribution is 2.35. The van der Waals surface area contributed by atoms with Crippen LogP contribution in [-0.4, -0.2) is 19.0 Å². The molecule has 0 unspecified atom stereocenters. The lowest BCUT2D eigenvalue weighted by Crippen LogP contribution is -2.29. The fourth-order valence-electron chi connectivity index (χ4n) is 2.35. The van der Waals surface area contributed by atoms with Gasteiger partial charge >= 0.3 is 0 Å². The van der Waals surface area contributed by atoms with Gasteiger partial charge in [-0.15, -0.1) is 0 Å². The Morgan fingerprint density at radius 1 is 1.41 bits per heavy atom. The van der Waals surface area contributed by atoms with Crippen LogP contribution in [-0.2, 0) is 4.79 Å². The first-order valence-electron chi connectivity index (χ1n) is 6.26. The predicted octanol–water partition coefficient (Wildman–Crippen LogP) is 2.98. The molecule has 2 rings (SSSR count). The first kappa shape index (κ1) is 12.0. The van der Waals surface area contributed by atoms with Crippen molar-refractivity contribution in [2.45, 2.75) is 33.1 Å². The molecule has 0 saturated heterocycles. The van der Waals surface area contributed by atoms with Gasteiger partial charge in [-0.2, -0.15) is 0 Å². The summed E-state index contributed by atoms with van der Waals surface area (Å²) >= 11 is 0. The van der Waals surface area contributed by atoms with E-state index in [1.807, 2.05) is 17.0 Å². The Kier molecular flexibility index (Phi) is 3.36. The summed E-state index contributed by atoms with van der Waals surface area (Å²) in [6, 6.07) is 6.21. The Hall–Kier alpha value is -1.51. The number of anilines is 2. The second-order valence-corrected chi connectivity index (χ2v) is 4.85. The molecule has 1 aromatic rings. The van der Waals surface area contributed by atoms with E-state index in [0.29, 0.717) is 5.92 Å². The SMILES string of the molecule is CC(=O)N1CCCNc2c(C(C)C)cccc21. The zero-order valence-corrected chi connectivity index (χ0v) is 10.8. The lowest BCUT2D eigenvalue weighted by Gasteiger charge is -2.23. The molecule has 0 fully saturated rings. The highest BCUT2D eigenvalue weighted by molar-refractivity contribution is 5.96. The molecule has 0 atom stereocenters. The number of rotatable bonds is 1. The Bertz CT molecular complexity index is 426. The number of carbonyl (C=O) groups excluding carboxylic acids is 1. The molecule has 92 valence electrons. The molecule has 1 amide bonds. The molecule has 0 aromatic heterocycles. The molecule has 3 nitrogen and oxygen atoms in total. The molecule has 0 radical (unpaired) electrons. The topological polar surface area (TPSA) is 32.3 Å². The maximum Gasteiger partial charge on any atom is 0.223 e. The second-order valence-electron chi connectivity index (χ2n) is 4.85. The van der Waals surface area contributed by atoms with Gasteiger partial charge in [-0.05, 0) is 24.0 Å². The van der Waals surface area contributed by atoms with Crippen LogP contribution in [0.4, 0.5) is 11.4 Å². The fraction of sp³-hybridized carbons (Fsp3) is 0.500. The smallest absolute Gasteiger partial charge is 0.223 e. The van der Waals surface area contributed by atoms with Gasteiger partial charge in [-0.25, -0.2) is 0 Å². The second kappa shape index (κ2) is 4.78. The van der Waals surface area contributed by atoms with E-state index in [1.165, 1.54) is 5.56 Å². The molecule has 0 saturated carbocycles. The molecule has 0 spiro atoms. The Morgan fingerprint density at radius 3 is 2.82 bits per heavy atom. The number of fused-ring (bicyclic) bond motifs is 1. The van der Waals surface area contributed by atoms with Crippen LogP contribution < -0.4 is 10.2 Å². The van der Waals surface area contributed by atoms with E-state index in [1.54, 1.807) is 6.92 Å². The predicted molar refractivity (Wildman–Crippen MR) is 71.7 cm³/mol. The van der Waals surface area contributed by atoms with Gasteiger partial charge in [0.1, 0.15) is 0 Å². The van der Waals surface area contributed by atoms with Crippen LogP contribution in [0.2, 0.25) is 0 Å². The van der Waals surface area contributed by atoms with Crippen LogP contribution in [0.15, 0.2) is 18.2 Å². The van der Waals surface area contributed by atoms with Crippen LogP contribution in [0, 0.1) is 0 Å². The molecule has 3 heteroatoms. The van der Waals surface area contributed by atoms with Crippen LogP contribution in [0.25, 0.3) is 0 Å². The summed E-state index contributed by atoms with van der Waals surface area (Å²) in [5, 5.41) is 3.47. The van der Waals surface area contributed by atoms with Crippen molar-refractivity contribution in [2.75, 3.05) is 23.3 Å². The number of nitrogens with one attached hydrogen (secondary N) is 1. The van der Waals surface area contributed by atoms with Crippen LogP contribution in [0.1, 0.15) is 38.7 Å². The van der Waals surface area contributed by atoms with Gasteiger partial charge in [-0.3, -0.25) is 4.79 Å². The van der Waals surface area contributed by atoms with E-state index < -0.39 is 0 Å². The third-order valence-electron chi connectivity index (χ3n) is 3.23. The number of amides is 1. The van der Waals surface area contributed by atoms with Gasteiger partial charge in [0.2, 0.25) is 5.91 Å². The number of carbonyl (C=O) groups is 1. The quantitative estimate of drug-likeness (QED) is 0.807. The maximum atomic E-state index is 11.7. The molecule has 0 aliphatic carbocycles. The molecule has 1 heterocycles. The molecule has 1 aromatic carbocycles. The summed E-state index contributed by atoms with van der Waals surface area (Å²) in [5.74, 6) is 0.584. The van der Waals surface area contributed by atoms with Gasteiger partial charge in [0.15, 0.2) is 0 Å². The van der Waals surface area contributed by atoms with E-state index >= 15 is 0 Å². The molecule has 1 N–H and O–H groups in total. The van der Waals surface area contributed by atoms with E-state index in [4.69, 9.17) is 0 Å². The summed E-state index contributed by atoms with van der Waals surface area (Å²) in [7, 11) is 0. The first-order chi connectivity index (χ1) is 8.11. The molecular formula is C14H20N2O. The molecule has 1 aliphatic rings. The summed E-state index contributed by atoms with van der Waals surface area (Å²) < 4.78 is 0. The summed E-state index contributed by atoms with van der Waals surface area (Å²) in [6.07, 6.45) is 0.992. The minimum absolute atomic E-state index is 0.121. The lowest BCUT2D eigenvalue weighted by atomic mass is 9.99. The van der Waals surface area contributed by atoms with Gasteiger partial charge in [0, 0.05) is 20.0 Å². The van der Waals surface area contributed by atoms with Crippen LogP contribution >= 0.6 is 0 Å². The zero-order chi connectivity index (χ0) is 12.4. The molecule has 1 aliphatic heterocycles. The largest absolute Gasteiger partial charge is 0.383 e. The number of para-hydroxylation sites is 1. The average molecular weight is 232 g/mol. The first-order valence-corrected chi connectivity index (χ1v) is 6.26. The molecule has 17 heavy (non-hydrogen) atoms. The van der Waals surface area contributed by atoms with E-state index in [9.17, 15) is 4.79 Å². The van der Waals surface area contributed by atoms with Gasteiger partial charge in [-0.1, -0.05) is 26.0 Å². The standard InChI is InChI=1S/C14H20N2O/c1-10(2)12-6-4-7-13-14(12)15-8-5-9-16(13)11(3)17/h4,6-7,10,15H,5,8-9H2,1-3H3. The Balaban J connectivity index is 2.52. The summed E-state index contributed by atoms with van der Waals surface area (Å²) in [6.45, 7) is 7.73. The lowest BCUT2D eigenvalue weighted by molar-refractivity contribution is -0.116. The molecule has 0 bridgehead atoms. The number of nitrogens with zero attached hydrogens (tertiary/aromatic N) is 1. The third kappa shape index (κ3) is 2.28. The van der Waals surface area contributed by atoms with Crippen LogP contribution in [0.5, 0.6) is 0 Å². The minimum Gasteiger partial charge on any atom is -0.383 e. The van der Waals surface area contributed by atoms with Gasteiger partial charge in [0.25, 0.3) is 0 Å². The van der Waals surface area contributed by atoms with E-state index in [-0.39, 0.29) is 5.91 Å². The van der Waals surface area contributed by atoms with Crippen molar-refractivity contribution >= 4 is 17.3 Å². The zero-order valence-electron chi connectivity index (χ0n) is 10.8. The van der Waals surface area contributed by atoms with Gasteiger partial charge < -0.3 is 10.2 Å². The van der Waals surface area contributed by atoms with E-state index in [0.717, 1.165) is 30.9 Å². The number of hydrogen-bond donors (Lipinski definition) is 1. The Labute approximate surface area is 103 Å². The fourth-order valence-corrected chi connectivity index (χ4v) is 2.35. The van der Waals surface area contributed by atoms with Crippen molar-refractivity contribution in [3.8, 4) is 0 Å². The maximum absolute atomic E-state index is 11.7.